The zero-order valence-electron chi connectivity index (χ0n) is 12.9. The van der Waals surface area contributed by atoms with E-state index in [4.69, 9.17) is 4.74 Å². The first-order valence-corrected chi connectivity index (χ1v) is 7.78. The summed E-state index contributed by atoms with van der Waals surface area (Å²) >= 11 is 0. The molecule has 116 valence electrons. The first kappa shape index (κ1) is 15.8. The fraction of sp³-hybridized carbons (Fsp3) is 0.588. The lowest BCUT2D eigenvalue weighted by Gasteiger charge is -2.21. The molecule has 4 nitrogen and oxygen atoms in total. The van der Waals surface area contributed by atoms with Crippen molar-refractivity contribution in [2.75, 3.05) is 6.61 Å². The molecule has 0 radical (unpaired) electrons. The SMILES string of the molecule is CCCOc1cc(C)ccc1CNC(=O)C1(O)CCCC1. The number of amides is 1. The first-order chi connectivity index (χ1) is 10.0. The molecule has 0 atom stereocenters. The summed E-state index contributed by atoms with van der Waals surface area (Å²) in [5, 5.41) is 13.1. The van der Waals surface area contributed by atoms with Gasteiger partial charge in [0.25, 0.3) is 5.91 Å². The van der Waals surface area contributed by atoms with Crippen LogP contribution in [0, 0.1) is 6.92 Å². The van der Waals surface area contributed by atoms with E-state index >= 15 is 0 Å². The third-order valence-electron chi connectivity index (χ3n) is 3.98. The average Bonchev–Trinajstić information content (AvgIpc) is 2.92. The van der Waals surface area contributed by atoms with Crippen molar-refractivity contribution in [3.05, 3.63) is 29.3 Å². The van der Waals surface area contributed by atoms with Crippen molar-refractivity contribution in [3.8, 4) is 5.75 Å². The van der Waals surface area contributed by atoms with E-state index in [0.717, 1.165) is 36.1 Å². The van der Waals surface area contributed by atoms with Gasteiger partial charge in [0.2, 0.25) is 0 Å². The van der Waals surface area contributed by atoms with Crippen molar-refractivity contribution in [1.29, 1.82) is 0 Å². The van der Waals surface area contributed by atoms with Gasteiger partial charge in [-0.25, -0.2) is 0 Å². The Morgan fingerprint density at radius 2 is 2.10 bits per heavy atom. The molecule has 1 aromatic rings. The van der Waals surface area contributed by atoms with Gasteiger partial charge in [-0.3, -0.25) is 4.79 Å². The minimum atomic E-state index is -1.17. The van der Waals surface area contributed by atoms with Crippen LogP contribution in [0.5, 0.6) is 5.75 Å². The normalized spacial score (nSPS) is 16.7. The summed E-state index contributed by atoms with van der Waals surface area (Å²) in [5.41, 5.74) is 0.907. The summed E-state index contributed by atoms with van der Waals surface area (Å²) in [4.78, 5) is 12.1. The Morgan fingerprint density at radius 1 is 1.38 bits per heavy atom. The maximum atomic E-state index is 12.1. The first-order valence-electron chi connectivity index (χ1n) is 7.78. The van der Waals surface area contributed by atoms with Crippen LogP contribution in [-0.4, -0.2) is 23.2 Å². The summed E-state index contributed by atoms with van der Waals surface area (Å²) in [6.07, 6.45) is 3.90. The third-order valence-corrected chi connectivity index (χ3v) is 3.98. The van der Waals surface area contributed by atoms with E-state index in [1.54, 1.807) is 0 Å². The summed E-state index contributed by atoms with van der Waals surface area (Å²) in [6, 6.07) is 5.96. The average molecular weight is 291 g/mol. The molecule has 0 heterocycles. The summed E-state index contributed by atoms with van der Waals surface area (Å²) in [7, 11) is 0. The highest BCUT2D eigenvalue weighted by Crippen LogP contribution is 2.29. The molecule has 1 saturated carbocycles. The minimum absolute atomic E-state index is 0.262. The fourth-order valence-electron chi connectivity index (χ4n) is 2.68. The smallest absolute Gasteiger partial charge is 0.252 e. The standard InChI is InChI=1S/C17H25NO3/c1-3-10-21-15-11-13(2)6-7-14(15)12-18-16(19)17(20)8-4-5-9-17/h6-7,11,20H,3-5,8-10,12H2,1-2H3,(H,18,19). The van der Waals surface area contributed by atoms with Crippen LogP contribution in [0.25, 0.3) is 0 Å². The maximum absolute atomic E-state index is 12.1. The van der Waals surface area contributed by atoms with Gasteiger partial charge in [0, 0.05) is 12.1 Å². The van der Waals surface area contributed by atoms with E-state index in [1.165, 1.54) is 0 Å². The van der Waals surface area contributed by atoms with Crippen molar-refractivity contribution < 1.29 is 14.6 Å². The molecule has 1 aromatic carbocycles. The number of carbonyl (C=O) groups excluding carboxylic acids is 1. The molecular formula is C17H25NO3. The van der Waals surface area contributed by atoms with Gasteiger partial charge in [0.05, 0.1) is 6.61 Å². The molecule has 4 heteroatoms. The quantitative estimate of drug-likeness (QED) is 0.847. The number of hydrogen-bond acceptors (Lipinski definition) is 3. The number of aliphatic hydroxyl groups is 1. The molecule has 1 aliphatic rings. The van der Waals surface area contributed by atoms with Crippen LogP contribution >= 0.6 is 0 Å². The molecule has 2 N–H and O–H groups in total. The molecule has 1 aliphatic carbocycles. The van der Waals surface area contributed by atoms with Gasteiger partial charge in [-0.2, -0.15) is 0 Å². The number of benzene rings is 1. The number of aryl methyl sites for hydroxylation is 1. The van der Waals surface area contributed by atoms with Crippen molar-refractivity contribution in [1.82, 2.24) is 5.32 Å². The molecule has 1 amide bonds. The molecule has 0 spiro atoms. The van der Waals surface area contributed by atoms with E-state index < -0.39 is 5.60 Å². The van der Waals surface area contributed by atoms with Gasteiger partial charge in [-0.1, -0.05) is 19.1 Å². The molecule has 0 saturated heterocycles. The van der Waals surface area contributed by atoms with Gasteiger partial charge in [0.15, 0.2) is 0 Å². The van der Waals surface area contributed by atoms with Crippen molar-refractivity contribution in [3.63, 3.8) is 0 Å². The van der Waals surface area contributed by atoms with Crippen LogP contribution in [0.15, 0.2) is 18.2 Å². The van der Waals surface area contributed by atoms with Crippen molar-refractivity contribution in [2.24, 2.45) is 0 Å². The lowest BCUT2D eigenvalue weighted by atomic mass is 10.0. The maximum Gasteiger partial charge on any atom is 0.252 e. The number of ether oxygens (including phenoxy) is 1. The topological polar surface area (TPSA) is 58.6 Å². The van der Waals surface area contributed by atoms with Gasteiger partial charge >= 0.3 is 0 Å². The third kappa shape index (κ3) is 3.97. The van der Waals surface area contributed by atoms with Gasteiger partial charge < -0.3 is 15.2 Å². The Kier molecular flexibility index (Phi) is 5.23. The van der Waals surface area contributed by atoms with Crippen LogP contribution in [0.3, 0.4) is 0 Å². The lowest BCUT2D eigenvalue weighted by molar-refractivity contribution is -0.139. The molecule has 1 fully saturated rings. The van der Waals surface area contributed by atoms with E-state index in [0.29, 0.717) is 26.0 Å². The highest BCUT2D eigenvalue weighted by Gasteiger charge is 2.38. The summed E-state index contributed by atoms with van der Waals surface area (Å²) < 4.78 is 5.74. The largest absolute Gasteiger partial charge is 0.493 e. The predicted octanol–water partition coefficient (Wildman–Crippen LogP) is 2.71. The summed E-state index contributed by atoms with van der Waals surface area (Å²) in [5.74, 6) is 0.553. The Bertz CT molecular complexity index is 493. The number of carbonyl (C=O) groups is 1. The predicted molar refractivity (Wildman–Crippen MR) is 82.2 cm³/mol. The van der Waals surface area contributed by atoms with E-state index in [-0.39, 0.29) is 5.91 Å². The molecule has 2 rings (SSSR count). The number of hydrogen-bond donors (Lipinski definition) is 2. The van der Waals surface area contributed by atoms with Crippen LogP contribution in [-0.2, 0) is 11.3 Å². The van der Waals surface area contributed by atoms with Crippen molar-refractivity contribution in [2.45, 2.75) is 58.1 Å². The Hall–Kier alpha value is -1.55. The zero-order chi connectivity index (χ0) is 15.3. The Labute approximate surface area is 126 Å². The molecule has 0 unspecified atom stereocenters. The minimum Gasteiger partial charge on any atom is -0.493 e. The van der Waals surface area contributed by atoms with Gasteiger partial charge in [-0.15, -0.1) is 0 Å². The Morgan fingerprint density at radius 3 is 2.76 bits per heavy atom. The molecule has 0 bridgehead atoms. The lowest BCUT2D eigenvalue weighted by Crippen LogP contribution is -2.44. The van der Waals surface area contributed by atoms with Gasteiger partial charge in [0.1, 0.15) is 11.4 Å². The van der Waals surface area contributed by atoms with Crippen molar-refractivity contribution >= 4 is 5.91 Å². The second kappa shape index (κ2) is 6.94. The summed E-state index contributed by atoms with van der Waals surface area (Å²) in [6.45, 7) is 5.13. The highest BCUT2D eigenvalue weighted by atomic mass is 16.5. The van der Waals surface area contributed by atoms with E-state index in [2.05, 4.69) is 12.2 Å². The van der Waals surface area contributed by atoms with Gasteiger partial charge in [-0.05, 0) is 50.7 Å². The van der Waals surface area contributed by atoms with Crippen LogP contribution in [0.2, 0.25) is 0 Å². The second-order valence-electron chi connectivity index (χ2n) is 5.88. The molecule has 0 aromatic heterocycles. The number of nitrogens with one attached hydrogen (secondary N) is 1. The van der Waals surface area contributed by atoms with Crippen LogP contribution in [0.1, 0.15) is 50.2 Å². The molecular weight excluding hydrogens is 266 g/mol. The fourth-order valence-corrected chi connectivity index (χ4v) is 2.68. The van der Waals surface area contributed by atoms with Crippen LogP contribution in [0.4, 0.5) is 0 Å². The van der Waals surface area contributed by atoms with Crippen LogP contribution < -0.4 is 10.1 Å². The zero-order valence-corrected chi connectivity index (χ0v) is 12.9. The molecule has 0 aliphatic heterocycles. The van der Waals surface area contributed by atoms with E-state index in [1.807, 2.05) is 25.1 Å². The second-order valence-corrected chi connectivity index (χ2v) is 5.88. The highest BCUT2D eigenvalue weighted by molar-refractivity contribution is 5.85. The Balaban J connectivity index is 2.00. The van der Waals surface area contributed by atoms with E-state index in [9.17, 15) is 9.90 Å². The monoisotopic (exact) mass is 291 g/mol. The number of rotatable bonds is 6. The molecule has 21 heavy (non-hydrogen) atoms.